The van der Waals surface area contributed by atoms with Crippen LogP contribution in [0.4, 0.5) is 8.78 Å². The molecule has 0 aromatic heterocycles. The molecule has 1 unspecified atom stereocenters. The fourth-order valence-electron chi connectivity index (χ4n) is 1.77. The van der Waals surface area contributed by atoms with E-state index in [-0.39, 0.29) is 18.5 Å². The number of halogens is 2. The molecule has 0 aliphatic heterocycles. The average Bonchev–Trinajstić information content (AvgIpc) is 2.30. The van der Waals surface area contributed by atoms with E-state index >= 15 is 0 Å². The molecule has 0 radical (unpaired) electrons. The number of carbonyl (C=O) groups is 1. The molecule has 1 amide bonds. The van der Waals surface area contributed by atoms with Crippen LogP contribution in [0.5, 0.6) is 0 Å². The third-order valence-corrected chi connectivity index (χ3v) is 2.64. The van der Waals surface area contributed by atoms with Crippen molar-refractivity contribution in [2.24, 2.45) is 5.92 Å². The maximum absolute atomic E-state index is 13.3. The van der Waals surface area contributed by atoms with Gasteiger partial charge in [0.2, 0.25) is 5.91 Å². The lowest BCUT2D eigenvalue weighted by molar-refractivity contribution is -0.121. The largest absolute Gasteiger partial charge is 0.391 e. The number of aliphatic hydroxyl groups excluding tert-OH is 1. The number of hydrogen-bond acceptors (Lipinski definition) is 2. The van der Waals surface area contributed by atoms with Gasteiger partial charge in [-0.25, -0.2) is 8.78 Å². The van der Waals surface area contributed by atoms with Crippen LogP contribution in [0.1, 0.15) is 25.8 Å². The van der Waals surface area contributed by atoms with Gasteiger partial charge in [0.05, 0.1) is 12.5 Å². The summed E-state index contributed by atoms with van der Waals surface area (Å²) >= 11 is 0. The van der Waals surface area contributed by atoms with Gasteiger partial charge in [-0.3, -0.25) is 4.79 Å². The average molecular weight is 271 g/mol. The van der Waals surface area contributed by atoms with E-state index in [0.29, 0.717) is 12.3 Å². The van der Waals surface area contributed by atoms with Crippen LogP contribution in [-0.2, 0) is 11.2 Å². The van der Waals surface area contributed by atoms with Gasteiger partial charge in [0.1, 0.15) is 11.6 Å². The molecular formula is C14H19F2NO2. The highest BCUT2D eigenvalue weighted by atomic mass is 19.1. The van der Waals surface area contributed by atoms with Gasteiger partial charge in [-0.1, -0.05) is 13.8 Å². The highest BCUT2D eigenvalue weighted by molar-refractivity contribution is 5.78. The normalized spacial score (nSPS) is 12.5. The monoisotopic (exact) mass is 271 g/mol. The van der Waals surface area contributed by atoms with Crippen molar-refractivity contribution < 1.29 is 18.7 Å². The molecular weight excluding hydrogens is 252 g/mol. The molecule has 2 N–H and O–H groups in total. The summed E-state index contributed by atoms with van der Waals surface area (Å²) in [7, 11) is 0. The highest BCUT2D eigenvalue weighted by Gasteiger charge is 2.12. The molecule has 1 rings (SSSR count). The van der Waals surface area contributed by atoms with Crippen molar-refractivity contribution in [1.29, 1.82) is 0 Å². The van der Waals surface area contributed by atoms with Crippen molar-refractivity contribution in [2.45, 2.75) is 32.8 Å². The first-order chi connectivity index (χ1) is 8.88. The molecule has 0 aliphatic carbocycles. The number of benzene rings is 1. The van der Waals surface area contributed by atoms with Crippen LogP contribution in [0, 0.1) is 17.6 Å². The second kappa shape index (κ2) is 7.19. The minimum Gasteiger partial charge on any atom is -0.391 e. The number of aliphatic hydroxyl groups is 1. The predicted octanol–water partition coefficient (Wildman–Crippen LogP) is 2.03. The Kier molecular flexibility index (Phi) is 5.89. The smallest absolute Gasteiger partial charge is 0.224 e. The van der Waals surface area contributed by atoms with Crippen molar-refractivity contribution >= 4 is 5.91 Å². The summed E-state index contributed by atoms with van der Waals surface area (Å²) in [5.74, 6) is -1.30. The lowest BCUT2D eigenvalue weighted by atomic mass is 10.1. The molecule has 0 saturated carbocycles. The first-order valence-electron chi connectivity index (χ1n) is 6.27. The topological polar surface area (TPSA) is 49.3 Å². The van der Waals surface area contributed by atoms with Crippen molar-refractivity contribution in [1.82, 2.24) is 5.32 Å². The van der Waals surface area contributed by atoms with Crippen LogP contribution >= 0.6 is 0 Å². The molecule has 3 nitrogen and oxygen atoms in total. The molecule has 1 aromatic carbocycles. The number of carbonyl (C=O) groups excluding carboxylic acids is 1. The molecule has 0 fully saturated rings. The summed E-state index contributed by atoms with van der Waals surface area (Å²) < 4.78 is 26.2. The Morgan fingerprint density at radius 2 is 2.05 bits per heavy atom. The molecule has 0 aliphatic rings. The Hall–Kier alpha value is -1.49. The second-order valence-electron chi connectivity index (χ2n) is 5.00. The van der Waals surface area contributed by atoms with Crippen LogP contribution in [-0.4, -0.2) is 23.7 Å². The standard InChI is InChI=1S/C14H19F2NO2/c1-9(2)5-12(18)8-17-14(19)7-10-6-11(15)3-4-13(10)16/h3-4,6,9,12,18H,5,7-8H2,1-2H3,(H,17,19). The number of rotatable bonds is 6. The molecule has 19 heavy (non-hydrogen) atoms. The van der Waals surface area contributed by atoms with Crippen LogP contribution < -0.4 is 5.32 Å². The van der Waals surface area contributed by atoms with Crippen LogP contribution in [0.25, 0.3) is 0 Å². The van der Waals surface area contributed by atoms with Gasteiger partial charge in [0, 0.05) is 12.1 Å². The molecule has 106 valence electrons. The van der Waals surface area contributed by atoms with Crippen LogP contribution in [0.2, 0.25) is 0 Å². The summed E-state index contributed by atoms with van der Waals surface area (Å²) in [5, 5.41) is 12.1. The summed E-state index contributed by atoms with van der Waals surface area (Å²) in [6.07, 6.45) is -0.284. The Morgan fingerprint density at radius 3 is 2.68 bits per heavy atom. The van der Waals surface area contributed by atoms with Crippen LogP contribution in [0.15, 0.2) is 18.2 Å². The summed E-state index contributed by atoms with van der Waals surface area (Å²) in [6, 6.07) is 2.99. The Labute approximate surface area is 111 Å². The fourth-order valence-corrected chi connectivity index (χ4v) is 1.77. The van der Waals surface area contributed by atoms with E-state index in [1.807, 2.05) is 13.8 Å². The van der Waals surface area contributed by atoms with E-state index in [4.69, 9.17) is 0 Å². The van der Waals surface area contributed by atoms with Crippen molar-refractivity contribution in [2.75, 3.05) is 6.54 Å². The highest BCUT2D eigenvalue weighted by Crippen LogP contribution is 2.10. The van der Waals surface area contributed by atoms with Crippen LogP contribution in [0.3, 0.4) is 0 Å². The maximum Gasteiger partial charge on any atom is 0.224 e. The molecule has 0 saturated heterocycles. The molecule has 0 heterocycles. The van der Waals surface area contributed by atoms with Crippen molar-refractivity contribution in [3.8, 4) is 0 Å². The molecule has 0 spiro atoms. The molecule has 5 heteroatoms. The maximum atomic E-state index is 13.3. The minimum atomic E-state index is -0.624. The third-order valence-electron chi connectivity index (χ3n) is 2.64. The zero-order valence-electron chi connectivity index (χ0n) is 11.1. The molecule has 0 bridgehead atoms. The summed E-state index contributed by atoms with van der Waals surface area (Å²) in [4.78, 5) is 11.6. The summed E-state index contributed by atoms with van der Waals surface area (Å²) in [5.41, 5.74) is 0.0100. The van der Waals surface area contributed by atoms with E-state index in [9.17, 15) is 18.7 Å². The molecule has 1 aromatic rings. The van der Waals surface area contributed by atoms with Gasteiger partial charge in [-0.05, 0) is 30.5 Å². The first kappa shape index (κ1) is 15.6. The first-order valence-corrected chi connectivity index (χ1v) is 6.27. The van der Waals surface area contributed by atoms with E-state index in [2.05, 4.69) is 5.32 Å². The third kappa shape index (κ3) is 5.79. The minimum absolute atomic E-state index is 0.0100. The Balaban J connectivity index is 2.45. The SMILES string of the molecule is CC(C)CC(O)CNC(=O)Cc1cc(F)ccc1F. The number of hydrogen-bond donors (Lipinski definition) is 2. The van der Waals surface area contributed by atoms with E-state index < -0.39 is 23.6 Å². The zero-order chi connectivity index (χ0) is 14.4. The predicted molar refractivity (Wildman–Crippen MR) is 68.5 cm³/mol. The molecule has 1 atom stereocenters. The van der Waals surface area contributed by atoms with Gasteiger partial charge in [-0.2, -0.15) is 0 Å². The number of amides is 1. The Bertz CT molecular complexity index is 435. The van der Waals surface area contributed by atoms with Crippen molar-refractivity contribution in [3.05, 3.63) is 35.4 Å². The van der Waals surface area contributed by atoms with Gasteiger partial charge in [0.25, 0.3) is 0 Å². The van der Waals surface area contributed by atoms with Gasteiger partial charge >= 0.3 is 0 Å². The lowest BCUT2D eigenvalue weighted by Gasteiger charge is -2.14. The lowest BCUT2D eigenvalue weighted by Crippen LogP contribution is -2.33. The van der Waals surface area contributed by atoms with E-state index in [1.165, 1.54) is 0 Å². The van der Waals surface area contributed by atoms with Gasteiger partial charge in [-0.15, -0.1) is 0 Å². The fraction of sp³-hybridized carbons (Fsp3) is 0.500. The zero-order valence-corrected chi connectivity index (χ0v) is 11.1. The quantitative estimate of drug-likeness (QED) is 0.831. The second-order valence-corrected chi connectivity index (χ2v) is 5.00. The van der Waals surface area contributed by atoms with Crippen molar-refractivity contribution in [3.63, 3.8) is 0 Å². The van der Waals surface area contributed by atoms with Gasteiger partial charge in [0.15, 0.2) is 0 Å². The Morgan fingerprint density at radius 1 is 1.37 bits per heavy atom. The number of nitrogens with one attached hydrogen (secondary N) is 1. The van der Waals surface area contributed by atoms with E-state index in [0.717, 1.165) is 18.2 Å². The summed E-state index contributed by atoms with van der Waals surface area (Å²) in [6.45, 7) is 4.05. The van der Waals surface area contributed by atoms with E-state index in [1.54, 1.807) is 0 Å². The van der Waals surface area contributed by atoms with Gasteiger partial charge < -0.3 is 10.4 Å².